The Morgan fingerprint density at radius 1 is 1.37 bits per heavy atom. The number of benzene rings is 1. The van der Waals surface area contributed by atoms with E-state index in [1.807, 2.05) is 26.0 Å². The minimum Gasteiger partial charge on any atom is -0.494 e. The number of rotatable bonds is 8. The molecular formula is C14H21NO3S. The van der Waals surface area contributed by atoms with E-state index in [-0.39, 0.29) is 0 Å². The van der Waals surface area contributed by atoms with Gasteiger partial charge in [-0.25, -0.2) is 0 Å². The van der Waals surface area contributed by atoms with Gasteiger partial charge in [0.1, 0.15) is 11.8 Å². The van der Waals surface area contributed by atoms with Gasteiger partial charge >= 0.3 is 5.97 Å². The second-order valence-electron chi connectivity index (χ2n) is 4.55. The summed E-state index contributed by atoms with van der Waals surface area (Å²) in [5.41, 5.74) is 7.79. The van der Waals surface area contributed by atoms with Gasteiger partial charge in [0.25, 0.3) is 0 Å². The number of ether oxygens (including phenoxy) is 1. The molecule has 3 N–H and O–H groups in total. The van der Waals surface area contributed by atoms with Gasteiger partial charge in [-0.15, -0.1) is 0 Å². The molecule has 0 spiro atoms. The van der Waals surface area contributed by atoms with Crippen molar-refractivity contribution in [2.75, 3.05) is 18.1 Å². The molecule has 19 heavy (non-hydrogen) atoms. The predicted octanol–water partition coefficient (Wildman–Crippen LogP) is 2.22. The van der Waals surface area contributed by atoms with Crippen molar-refractivity contribution >= 4 is 17.7 Å². The van der Waals surface area contributed by atoms with Crippen molar-refractivity contribution < 1.29 is 14.6 Å². The molecule has 1 atom stereocenters. The van der Waals surface area contributed by atoms with Gasteiger partial charge in [-0.2, -0.15) is 11.8 Å². The highest BCUT2D eigenvalue weighted by Crippen LogP contribution is 2.16. The van der Waals surface area contributed by atoms with Gasteiger partial charge in [-0.05, 0) is 49.3 Å². The Morgan fingerprint density at radius 2 is 2.00 bits per heavy atom. The van der Waals surface area contributed by atoms with Crippen molar-refractivity contribution in [3.05, 3.63) is 29.3 Å². The quantitative estimate of drug-likeness (QED) is 0.716. The molecule has 0 amide bonds. The van der Waals surface area contributed by atoms with Crippen LogP contribution in [0.1, 0.15) is 17.5 Å². The molecule has 0 radical (unpaired) electrons. The number of hydrogen-bond acceptors (Lipinski definition) is 4. The summed E-state index contributed by atoms with van der Waals surface area (Å²) in [5, 5.41) is 8.62. The Morgan fingerprint density at radius 3 is 2.58 bits per heavy atom. The fraction of sp³-hybridized carbons (Fsp3) is 0.500. The first kappa shape index (κ1) is 15.9. The maximum Gasteiger partial charge on any atom is 0.321 e. The van der Waals surface area contributed by atoms with Crippen LogP contribution in [0.3, 0.4) is 0 Å². The summed E-state index contributed by atoms with van der Waals surface area (Å²) in [4.78, 5) is 10.5. The molecule has 0 aromatic heterocycles. The number of carboxylic acid groups (broad SMARTS) is 1. The second-order valence-corrected chi connectivity index (χ2v) is 5.69. The van der Waals surface area contributed by atoms with E-state index >= 15 is 0 Å². The van der Waals surface area contributed by atoms with Crippen molar-refractivity contribution in [1.29, 1.82) is 0 Å². The van der Waals surface area contributed by atoms with Gasteiger partial charge in [0.05, 0.1) is 6.61 Å². The Bertz CT molecular complexity index is 403. The van der Waals surface area contributed by atoms with Gasteiger partial charge < -0.3 is 15.6 Å². The van der Waals surface area contributed by atoms with E-state index in [1.165, 1.54) is 11.1 Å². The van der Waals surface area contributed by atoms with E-state index in [4.69, 9.17) is 15.6 Å². The number of carbonyl (C=O) groups is 1. The molecule has 0 aliphatic rings. The van der Waals surface area contributed by atoms with Gasteiger partial charge in [-0.1, -0.05) is 6.07 Å². The summed E-state index contributed by atoms with van der Waals surface area (Å²) in [7, 11) is 0. The molecular weight excluding hydrogens is 262 g/mol. The van der Waals surface area contributed by atoms with Crippen LogP contribution in [0.15, 0.2) is 18.2 Å². The second kappa shape index (κ2) is 8.07. The lowest BCUT2D eigenvalue weighted by molar-refractivity contribution is -0.137. The summed E-state index contributed by atoms with van der Waals surface area (Å²) < 4.78 is 5.66. The Kier molecular flexibility index (Phi) is 6.73. The van der Waals surface area contributed by atoms with E-state index in [1.54, 1.807) is 11.8 Å². The molecule has 1 aromatic carbocycles. The van der Waals surface area contributed by atoms with E-state index in [0.29, 0.717) is 12.4 Å². The van der Waals surface area contributed by atoms with Crippen LogP contribution in [0.2, 0.25) is 0 Å². The van der Waals surface area contributed by atoms with Gasteiger partial charge in [0.2, 0.25) is 0 Å². The highest BCUT2D eigenvalue weighted by atomic mass is 32.2. The number of carboxylic acids is 1. The van der Waals surface area contributed by atoms with Crippen LogP contribution in [0, 0.1) is 13.8 Å². The highest BCUT2D eigenvalue weighted by molar-refractivity contribution is 7.99. The average molecular weight is 283 g/mol. The monoisotopic (exact) mass is 283 g/mol. The Balaban J connectivity index is 2.15. The first-order chi connectivity index (χ1) is 8.99. The summed E-state index contributed by atoms with van der Waals surface area (Å²) >= 11 is 1.55. The van der Waals surface area contributed by atoms with E-state index in [2.05, 4.69) is 6.07 Å². The first-order valence-corrected chi connectivity index (χ1v) is 7.41. The molecule has 0 aliphatic heterocycles. The highest BCUT2D eigenvalue weighted by Gasteiger charge is 2.10. The smallest absolute Gasteiger partial charge is 0.321 e. The zero-order chi connectivity index (χ0) is 14.3. The first-order valence-electron chi connectivity index (χ1n) is 6.26. The third-order valence-corrected chi connectivity index (χ3v) is 3.68. The van der Waals surface area contributed by atoms with Gasteiger partial charge in [-0.3, -0.25) is 4.79 Å². The molecule has 0 heterocycles. The minimum absolute atomic E-state index is 0.443. The molecule has 0 unspecified atom stereocenters. The molecule has 0 aliphatic carbocycles. The van der Waals surface area contributed by atoms with Crippen LogP contribution in [0.4, 0.5) is 0 Å². The van der Waals surface area contributed by atoms with Crippen LogP contribution in [0.5, 0.6) is 5.75 Å². The number of aryl methyl sites for hydroxylation is 2. The predicted molar refractivity (Wildman–Crippen MR) is 79.0 cm³/mol. The fourth-order valence-electron chi connectivity index (χ4n) is 1.65. The number of hydrogen-bond donors (Lipinski definition) is 2. The topological polar surface area (TPSA) is 72.5 Å². The van der Waals surface area contributed by atoms with Crippen molar-refractivity contribution in [2.45, 2.75) is 26.3 Å². The maximum atomic E-state index is 10.5. The third kappa shape index (κ3) is 6.50. The zero-order valence-electron chi connectivity index (χ0n) is 11.4. The number of nitrogens with two attached hydrogens (primary N) is 1. The molecule has 4 nitrogen and oxygen atoms in total. The molecule has 106 valence electrons. The van der Waals surface area contributed by atoms with E-state index in [0.717, 1.165) is 17.9 Å². The maximum absolute atomic E-state index is 10.5. The van der Waals surface area contributed by atoms with E-state index < -0.39 is 12.0 Å². The Hall–Kier alpha value is -1.20. The molecule has 0 saturated carbocycles. The van der Waals surface area contributed by atoms with Crippen molar-refractivity contribution in [1.82, 2.24) is 0 Å². The van der Waals surface area contributed by atoms with Crippen LogP contribution >= 0.6 is 11.8 Å². The lowest BCUT2D eigenvalue weighted by Gasteiger charge is -2.09. The summed E-state index contributed by atoms with van der Waals surface area (Å²) in [6.45, 7) is 4.73. The lowest BCUT2D eigenvalue weighted by atomic mass is 10.1. The molecule has 1 aromatic rings. The van der Waals surface area contributed by atoms with Gasteiger partial charge in [0, 0.05) is 5.75 Å². The van der Waals surface area contributed by atoms with Gasteiger partial charge in [0.15, 0.2) is 0 Å². The van der Waals surface area contributed by atoms with Crippen molar-refractivity contribution in [3.8, 4) is 5.75 Å². The van der Waals surface area contributed by atoms with Crippen LogP contribution in [-0.2, 0) is 4.79 Å². The largest absolute Gasteiger partial charge is 0.494 e. The van der Waals surface area contributed by atoms with Crippen molar-refractivity contribution in [2.24, 2.45) is 5.73 Å². The lowest BCUT2D eigenvalue weighted by Crippen LogP contribution is -2.32. The molecule has 0 bridgehead atoms. The number of aliphatic carboxylic acids is 1. The normalized spacial score (nSPS) is 12.2. The fourth-order valence-corrected chi connectivity index (χ4v) is 2.53. The summed E-state index contributed by atoms with van der Waals surface area (Å²) in [5.74, 6) is 1.24. The Labute approximate surface area is 118 Å². The minimum atomic E-state index is -0.945. The number of thioether (sulfide) groups is 1. The molecule has 0 fully saturated rings. The van der Waals surface area contributed by atoms with Crippen LogP contribution < -0.4 is 10.5 Å². The average Bonchev–Trinajstić information content (AvgIpc) is 2.31. The molecule has 0 saturated heterocycles. The standard InChI is InChI=1S/C14H21NO3S/c1-10-6-11(2)8-12(7-10)18-4-3-5-19-9-13(15)14(16)17/h6-8,13H,3-5,9,15H2,1-2H3,(H,16,17)/t13-/m1/s1. The van der Waals surface area contributed by atoms with Crippen LogP contribution in [0.25, 0.3) is 0 Å². The SMILES string of the molecule is Cc1cc(C)cc(OCCCSC[C@@H](N)C(=O)O)c1. The third-order valence-electron chi connectivity index (χ3n) is 2.51. The van der Waals surface area contributed by atoms with Crippen LogP contribution in [-0.4, -0.2) is 35.2 Å². The summed E-state index contributed by atoms with van der Waals surface area (Å²) in [6.07, 6.45) is 0.879. The molecule has 1 rings (SSSR count). The zero-order valence-corrected chi connectivity index (χ0v) is 12.2. The molecule has 5 heteroatoms. The van der Waals surface area contributed by atoms with Crippen molar-refractivity contribution in [3.63, 3.8) is 0 Å². The summed E-state index contributed by atoms with van der Waals surface area (Å²) in [6, 6.07) is 5.36. The van der Waals surface area contributed by atoms with E-state index in [9.17, 15) is 4.79 Å².